The number of carbonyl (C=O) groups is 1. The van der Waals surface area contributed by atoms with Gasteiger partial charge in [0.15, 0.2) is 0 Å². The van der Waals surface area contributed by atoms with Crippen molar-refractivity contribution in [3.05, 3.63) is 35.9 Å². The Kier molecular flexibility index (Phi) is 4.72. The Morgan fingerprint density at radius 2 is 1.94 bits per heavy atom. The van der Waals surface area contributed by atoms with Crippen LogP contribution in [0.4, 0.5) is 0 Å². The topological polar surface area (TPSA) is 49.8 Å². The highest BCUT2D eigenvalue weighted by atomic mass is 16.5. The zero-order valence-electron chi connectivity index (χ0n) is 10.3. The first-order valence-electron chi connectivity index (χ1n) is 5.33. The van der Waals surface area contributed by atoms with E-state index in [0.717, 1.165) is 17.4 Å². The van der Waals surface area contributed by atoms with Gasteiger partial charge < -0.3 is 9.84 Å². The van der Waals surface area contributed by atoms with Crippen molar-refractivity contribution in [2.24, 2.45) is 0 Å². The number of rotatable bonds is 5. The molecule has 1 unspecified atom stereocenters. The van der Waals surface area contributed by atoms with Crippen LogP contribution in [0.15, 0.2) is 30.3 Å². The zero-order valence-corrected chi connectivity index (χ0v) is 10.3. The summed E-state index contributed by atoms with van der Waals surface area (Å²) < 4.78 is 5.64. The quantitative estimate of drug-likeness (QED) is 0.627. The first kappa shape index (κ1) is 13.3. The molecule has 0 aromatic heterocycles. The molecule has 0 saturated heterocycles. The molecule has 1 rings (SSSR count). The Balaban J connectivity index is 2.65. The highest BCUT2D eigenvalue weighted by molar-refractivity contribution is 5.85. The van der Waals surface area contributed by atoms with Crippen molar-refractivity contribution >= 4 is 12.0 Å². The molecule has 1 atom stereocenters. The molecule has 1 N–H and O–H groups in total. The summed E-state index contributed by atoms with van der Waals surface area (Å²) in [4.78, 5) is 12.3. The first-order chi connectivity index (χ1) is 7.99. The second-order valence-corrected chi connectivity index (χ2v) is 3.92. The lowest BCUT2D eigenvalue weighted by atomic mass is 10.2. The number of hydrogen-bond donors (Lipinski definition) is 1. The van der Waals surface area contributed by atoms with Crippen LogP contribution in [0.25, 0.3) is 6.08 Å². The molecule has 0 saturated carbocycles. The highest BCUT2D eigenvalue weighted by Gasteiger charge is 2.05. The summed E-state index contributed by atoms with van der Waals surface area (Å²) in [6.07, 6.45) is 2.65. The van der Waals surface area contributed by atoms with Crippen molar-refractivity contribution in [1.29, 1.82) is 0 Å². The minimum atomic E-state index is -0.952. The first-order valence-corrected chi connectivity index (χ1v) is 5.33. The number of benzene rings is 1. The van der Waals surface area contributed by atoms with E-state index in [1.54, 1.807) is 6.08 Å². The summed E-state index contributed by atoms with van der Waals surface area (Å²) in [5.41, 5.74) is 0.831. The lowest BCUT2D eigenvalue weighted by Gasteiger charge is -2.21. The summed E-state index contributed by atoms with van der Waals surface area (Å²) in [5.74, 6) is -0.190. The van der Waals surface area contributed by atoms with Gasteiger partial charge in [-0.15, -0.1) is 0 Å². The molecule has 17 heavy (non-hydrogen) atoms. The van der Waals surface area contributed by atoms with Gasteiger partial charge in [-0.3, -0.25) is 4.90 Å². The van der Waals surface area contributed by atoms with E-state index in [1.165, 1.54) is 0 Å². The van der Waals surface area contributed by atoms with Crippen LogP contribution in [0, 0.1) is 0 Å². The molecule has 1 aromatic rings. The summed E-state index contributed by atoms with van der Waals surface area (Å²) in [5, 5.41) is 8.49. The smallest absolute Gasteiger partial charge is 0.328 e. The van der Waals surface area contributed by atoms with Crippen LogP contribution in [0.1, 0.15) is 12.5 Å². The van der Waals surface area contributed by atoms with E-state index in [-0.39, 0.29) is 6.23 Å². The molecule has 0 radical (unpaired) electrons. The molecule has 4 nitrogen and oxygen atoms in total. The average Bonchev–Trinajstić information content (AvgIpc) is 2.28. The third-order valence-corrected chi connectivity index (χ3v) is 2.33. The Hall–Kier alpha value is -1.81. The Bertz CT molecular complexity index is 396. The van der Waals surface area contributed by atoms with Crippen molar-refractivity contribution in [1.82, 2.24) is 4.90 Å². The number of carboxylic acids is 1. The van der Waals surface area contributed by atoms with Crippen LogP contribution in [-0.4, -0.2) is 36.3 Å². The fraction of sp³-hybridized carbons (Fsp3) is 0.308. The lowest BCUT2D eigenvalue weighted by molar-refractivity contribution is -0.131. The van der Waals surface area contributed by atoms with Gasteiger partial charge in [0.25, 0.3) is 0 Å². The molecule has 0 aliphatic heterocycles. The lowest BCUT2D eigenvalue weighted by Crippen LogP contribution is -2.30. The van der Waals surface area contributed by atoms with E-state index in [1.807, 2.05) is 50.2 Å². The molecule has 0 bridgehead atoms. The molecule has 0 fully saturated rings. The normalized spacial score (nSPS) is 12.9. The van der Waals surface area contributed by atoms with E-state index >= 15 is 0 Å². The summed E-state index contributed by atoms with van der Waals surface area (Å²) in [6.45, 7) is 1.96. The van der Waals surface area contributed by atoms with Gasteiger partial charge in [0.05, 0.1) is 0 Å². The Morgan fingerprint density at radius 3 is 2.41 bits per heavy atom. The zero-order chi connectivity index (χ0) is 12.8. The SMILES string of the molecule is CC(Oc1ccc(C=CC(=O)O)cc1)N(C)C. The van der Waals surface area contributed by atoms with Crippen molar-refractivity contribution in [2.45, 2.75) is 13.2 Å². The van der Waals surface area contributed by atoms with E-state index < -0.39 is 5.97 Å². The minimum absolute atomic E-state index is 0.00425. The maximum absolute atomic E-state index is 10.3. The molecule has 4 heteroatoms. The fourth-order valence-electron chi connectivity index (χ4n) is 1.13. The van der Waals surface area contributed by atoms with Gasteiger partial charge in [-0.05, 0) is 44.8 Å². The molecule has 0 heterocycles. The number of ether oxygens (including phenoxy) is 1. The number of carboxylic acid groups (broad SMARTS) is 1. The number of nitrogens with zero attached hydrogens (tertiary/aromatic N) is 1. The van der Waals surface area contributed by atoms with Gasteiger partial charge in [-0.25, -0.2) is 4.79 Å². The van der Waals surface area contributed by atoms with Crippen molar-refractivity contribution in [3.63, 3.8) is 0 Å². The Labute approximate surface area is 101 Å². The average molecular weight is 235 g/mol. The van der Waals surface area contributed by atoms with Crippen LogP contribution in [0.2, 0.25) is 0 Å². The number of aliphatic carboxylic acids is 1. The van der Waals surface area contributed by atoms with Gasteiger partial charge in [0.1, 0.15) is 12.0 Å². The molecule has 0 aliphatic carbocycles. The van der Waals surface area contributed by atoms with Gasteiger partial charge in [-0.2, -0.15) is 0 Å². The maximum Gasteiger partial charge on any atom is 0.328 e. The van der Waals surface area contributed by atoms with Crippen molar-refractivity contribution in [2.75, 3.05) is 14.1 Å². The highest BCUT2D eigenvalue weighted by Crippen LogP contribution is 2.15. The van der Waals surface area contributed by atoms with Crippen LogP contribution in [-0.2, 0) is 4.79 Å². The van der Waals surface area contributed by atoms with Crippen LogP contribution < -0.4 is 4.74 Å². The Morgan fingerprint density at radius 1 is 1.35 bits per heavy atom. The second-order valence-electron chi connectivity index (χ2n) is 3.92. The van der Waals surface area contributed by atoms with Gasteiger partial charge in [-0.1, -0.05) is 12.1 Å². The molecule has 92 valence electrons. The van der Waals surface area contributed by atoms with Gasteiger partial charge in [0.2, 0.25) is 0 Å². The molecular formula is C13H17NO3. The molecule has 0 aliphatic rings. The van der Waals surface area contributed by atoms with E-state index in [2.05, 4.69) is 0 Å². The monoisotopic (exact) mass is 235 g/mol. The third-order valence-electron chi connectivity index (χ3n) is 2.33. The minimum Gasteiger partial charge on any atom is -0.478 e. The summed E-state index contributed by atoms with van der Waals surface area (Å²) >= 11 is 0. The second kappa shape index (κ2) is 6.06. The van der Waals surface area contributed by atoms with Crippen LogP contribution >= 0.6 is 0 Å². The predicted molar refractivity (Wildman–Crippen MR) is 66.9 cm³/mol. The maximum atomic E-state index is 10.3. The van der Waals surface area contributed by atoms with E-state index in [4.69, 9.17) is 9.84 Å². The van der Waals surface area contributed by atoms with E-state index in [0.29, 0.717) is 0 Å². The third kappa shape index (κ3) is 4.70. The summed E-state index contributed by atoms with van der Waals surface area (Å²) in [7, 11) is 3.88. The van der Waals surface area contributed by atoms with Crippen molar-refractivity contribution in [3.8, 4) is 5.75 Å². The summed E-state index contributed by atoms with van der Waals surface area (Å²) in [6, 6.07) is 7.28. The largest absolute Gasteiger partial charge is 0.478 e. The van der Waals surface area contributed by atoms with Gasteiger partial charge >= 0.3 is 5.97 Å². The fourth-order valence-corrected chi connectivity index (χ4v) is 1.13. The van der Waals surface area contributed by atoms with Crippen LogP contribution in [0.5, 0.6) is 5.75 Å². The standard InChI is InChI=1S/C13H17NO3/c1-10(14(2)3)17-12-7-4-11(5-8-12)6-9-13(15)16/h4-10H,1-3H3,(H,15,16). The van der Waals surface area contributed by atoms with E-state index in [9.17, 15) is 4.79 Å². The predicted octanol–water partition coefficient (Wildman–Crippen LogP) is 2.07. The number of hydrogen-bond acceptors (Lipinski definition) is 3. The van der Waals surface area contributed by atoms with Crippen molar-refractivity contribution < 1.29 is 14.6 Å². The van der Waals surface area contributed by atoms with Gasteiger partial charge in [0, 0.05) is 6.08 Å². The molecule has 1 aromatic carbocycles. The molecular weight excluding hydrogens is 218 g/mol. The molecule has 0 amide bonds. The van der Waals surface area contributed by atoms with Crippen LogP contribution in [0.3, 0.4) is 0 Å². The molecule has 0 spiro atoms.